The van der Waals surface area contributed by atoms with E-state index in [9.17, 15) is 0 Å². The lowest BCUT2D eigenvalue weighted by Crippen LogP contribution is -2.36. The Morgan fingerprint density at radius 1 is 1.64 bits per heavy atom. The largest absolute Gasteiger partial charge is 0.271 e. The number of aryl methyl sites for hydroxylation is 2. The summed E-state index contributed by atoms with van der Waals surface area (Å²) in [6, 6.07) is 0.260. The van der Waals surface area contributed by atoms with Crippen molar-refractivity contribution < 1.29 is 0 Å². The zero-order valence-corrected chi connectivity index (χ0v) is 9.60. The Labute approximate surface area is 89.4 Å². The summed E-state index contributed by atoms with van der Waals surface area (Å²) in [5, 5.41) is 4.95. The molecule has 5 heteroatoms. The molecule has 1 heterocycles. The van der Waals surface area contributed by atoms with E-state index in [4.69, 9.17) is 17.4 Å². The molecule has 1 aromatic rings. The minimum atomic E-state index is 0.260. The van der Waals surface area contributed by atoms with E-state index in [0.29, 0.717) is 5.15 Å². The topological polar surface area (TPSA) is 55.9 Å². The first-order valence-corrected chi connectivity index (χ1v) is 5.12. The number of nitrogens with one attached hydrogen (secondary N) is 1. The molecule has 3 N–H and O–H groups in total. The van der Waals surface area contributed by atoms with Gasteiger partial charge in [-0.25, -0.2) is 0 Å². The normalized spacial score (nSPS) is 13.2. The highest BCUT2D eigenvalue weighted by atomic mass is 35.5. The summed E-state index contributed by atoms with van der Waals surface area (Å²) >= 11 is 6.10. The van der Waals surface area contributed by atoms with Crippen LogP contribution in [0, 0.1) is 6.92 Å². The summed E-state index contributed by atoms with van der Waals surface area (Å²) in [7, 11) is 1.84. The summed E-state index contributed by atoms with van der Waals surface area (Å²) < 4.78 is 1.69. The predicted molar refractivity (Wildman–Crippen MR) is 58.1 cm³/mol. The molecule has 0 aromatic carbocycles. The number of rotatable bonds is 4. The third-order valence-electron chi connectivity index (χ3n) is 2.45. The molecule has 14 heavy (non-hydrogen) atoms. The minimum Gasteiger partial charge on any atom is -0.271 e. The van der Waals surface area contributed by atoms with Crippen molar-refractivity contribution in [1.29, 1.82) is 0 Å². The summed E-state index contributed by atoms with van der Waals surface area (Å²) in [6.07, 6.45) is 1.80. The molecule has 0 amide bonds. The first kappa shape index (κ1) is 11.5. The smallest absolute Gasteiger partial charge is 0.130 e. The van der Waals surface area contributed by atoms with Gasteiger partial charge in [-0.15, -0.1) is 0 Å². The molecule has 0 aliphatic carbocycles. The van der Waals surface area contributed by atoms with Crippen LogP contribution >= 0.6 is 11.6 Å². The minimum absolute atomic E-state index is 0.260. The van der Waals surface area contributed by atoms with Gasteiger partial charge < -0.3 is 0 Å². The van der Waals surface area contributed by atoms with Gasteiger partial charge in [0.15, 0.2) is 0 Å². The van der Waals surface area contributed by atoms with Crippen LogP contribution in [-0.2, 0) is 13.5 Å². The summed E-state index contributed by atoms with van der Waals surface area (Å²) in [5.74, 6) is 5.42. The molecule has 0 aliphatic rings. The van der Waals surface area contributed by atoms with Crippen LogP contribution in [0.5, 0.6) is 0 Å². The molecule has 4 nitrogen and oxygen atoms in total. The molecule has 0 saturated heterocycles. The van der Waals surface area contributed by atoms with E-state index in [2.05, 4.69) is 17.4 Å². The van der Waals surface area contributed by atoms with Crippen LogP contribution < -0.4 is 11.3 Å². The third kappa shape index (κ3) is 2.26. The van der Waals surface area contributed by atoms with E-state index < -0.39 is 0 Å². The highest BCUT2D eigenvalue weighted by molar-refractivity contribution is 6.30. The van der Waals surface area contributed by atoms with Crippen LogP contribution in [0.3, 0.4) is 0 Å². The summed E-state index contributed by atoms with van der Waals surface area (Å²) in [5.41, 5.74) is 4.83. The van der Waals surface area contributed by atoms with Gasteiger partial charge in [0.05, 0.1) is 5.69 Å². The fraction of sp³-hybridized carbons (Fsp3) is 0.667. The van der Waals surface area contributed by atoms with Crippen LogP contribution in [0.15, 0.2) is 0 Å². The number of hydrazine groups is 1. The molecule has 1 aromatic heterocycles. The lowest BCUT2D eigenvalue weighted by atomic mass is 10.1. The molecule has 0 fully saturated rings. The third-order valence-corrected chi connectivity index (χ3v) is 2.92. The highest BCUT2D eigenvalue weighted by Crippen LogP contribution is 2.20. The van der Waals surface area contributed by atoms with E-state index in [1.807, 2.05) is 14.0 Å². The fourth-order valence-electron chi connectivity index (χ4n) is 1.47. The second-order valence-corrected chi connectivity index (χ2v) is 3.81. The van der Waals surface area contributed by atoms with Crippen molar-refractivity contribution in [3.8, 4) is 0 Å². The van der Waals surface area contributed by atoms with Gasteiger partial charge in [0.1, 0.15) is 5.15 Å². The quantitative estimate of drug-likeness (QED) is 0.587. The van der Waals surface area contributed by atoms with Gasteiger partial charge in [-0.05, 0) is 19.8 Å². The van der Waals surface area contributed by atoms with Gasteiger partial charge >= 0.3 is 0 Å². The van der Waals surface area contributed by atoms with Crippen molar-refractivity contribution in [2.24, 2.45) is 12.9 Å². The molecule has 1 rings (SSSR count). The van der Waals surface area contributed by atoms with Crippen LogP contribution in [0.2, 0.25) is 5.15 Å². The number of nitrogens with two attached hydrogens (primary N) is 1. The van der Waals surface area contributed by atoms with Crippen molar-refractivity contribution in [1.82, 2.24) is 15.2 Å². The summed E-state index contributed by atoms with van der Waals surface area (Å²) in [4.78, 5) is 0. The van der Waals surface area contributed by atoms with E-state index in [0.717, 1.165) is 24.1 Å². The molecular formula is C9H17ClN4. The zero-order chi connectivity index (χ0) is 10.7. The molecule has 1 unspecified atom stereocenters. The monoisotopic (exact) mass is 216 g/mol. The van der Waals surface area contributed by atoms with Gasteiger partial charge in [0.2, 0.25) is 0 Å². The summed E-state index contributed by atoms with van der Waals surface area (Å²) in [6.45, 7) is 4.05. The lowest BCUT2D eigenvalue weighted by molar-refractivity contribution is 0.510. The number of halogens is 1. The first-order chi connectivity index (χ1) is 6.60. The Morgan fingerprint density at radius 2 is 2.29 bits per heavy atom. The fourth-order valence-corrected chi connectivity index (χ4v) is 1.72. The molecule has 80 valence electrons. The zero-order valence-electron chi connectivity index (χ0n) is 8.84. The first-order valence-electron chi connectivity index (χ1n) is 4.74. The van der Waals surface area contributed by atoms with Gasteiger partial charge in [-0.3, -0.25) is 16.0 Å². The maximum Gasteiger partial charge on any atom is 0.130 e. The van der Waals surface area contributed by atoms with Gasteiger partial charge in [0.25, 0.3) is 0 Å². The average Bonchev–Trinajstić information content (AvgIpc) is 2.40. The number of nitrogens with zero attached hydrogens (tertiary/aromatic N) is 2. The Morgan fingerprint density at radius 3 is 2.64 bits per heavy atom. The van der Waals surface area contributed by atoms with E-state index in [-0.39, 0.29) is 6.04 Å². The SMILES string of the molecule is CCC(Cc1c(C)nn(C)c1Cl)NN. The Hall–Kier alpha value is -0.580. The van der Waals surface area contributed by atoms with Crippen molar-refractivity contribution >= 4 is 11.6 Å². The Bertz CT molecular complexity index is 304. The lowest BCUT2D eigenvalue weighted by Gasteiger charge is -2.12. The maximum atomic E-state index is 6.10. The maximum absolute atomic E-state index is 6.10. The van der Waals surface area contributed by atoms with Crippen LogP contribution in [0.1, 0.15) is 24.6 Å². The molecule has 0 bridgehead atoms. The Kier molecular flexibility index (Phi) is 3.92. The van der Waals surface area contributed by atoms with Crippen molar-refractivity contribution in [2.75, 3.05) is 0 Å². The molecule has 0 radical (unpaired) electrons. The van der Waals surface area contributed by atoms with Crippen LogP contribution in [-0.4, -0.2) is 15.8 Å². The molecular weight excluding hydrogens is 200 g/mol. The van der Waals surface area contributed by atoms with Crippen molar-refractivity contribution in [3.63, 3.8) is 0 Å². The number of hydrogen-bond donors (Lipinski definition) is 2. The van der Waals surface area contributed by atoms with Crippen molar-refractivity contribution in [2.45, 2.75) is 32.7 Å². The van der Waals surface area contributed by atoms with E-state index in [1.54, 1.807) is 4.68 Å². The van der Waals surface area contributed by atoms with Gasteiger partial charge in [-0.1, -0.05) is 18.5 Å². The standard InChI is InChI=1S/C9H17ClN4/c1-4-7(12-11)5-8-6(2)13-14(3)9(8)10/h7,12H,4-5,11H2,1-3H3. The predicted octanol–water partition coefficient (Wildman–Crippen LogP) is 1.17. The van der Waals surface area contributed by atoms with Crippen molar-refractivity contribution in [3.05, 3.63) is 16.4 Å². The Balaban J connectivity index is 2.84. The van der Waals surface area contributed by atoms with E-state index >= 15 is 0 Å². The molecule has 0 spiro atoms. The second kappa shape index (κ2) is 4.77. The van der Waals surface area contributed by atoms with Crippen LogP contribution in [0.25, 0.3) is 0 Å². The van der Waals surface area contributed by atoms with E-state index in [1.165, 1.54) is 0 Å². The average molecular weight is 217 g/mol. The number of aromatic nitrogens is 2. The van der Waals surface area contributed by atoms with Crippen LogP contribution in [0.4, 0.5) is 0 Å². The second-order valence-electron chi connectivity index (χ2n) is 3.45. The molecule has 1 atom stereocenters. The van der Waals surface area contributed by atoms with Gasteiger partial charge in [-0.2, -0.15) is 5.10 Å². The van der Waals surface area contributed by atoms with Gasteiger partial charge in [0, 0.05) is 18.7 Å². The highest BCUT2D eigenvalue weighted by Gasteiger charge is 2.14. The number of hydrogen-bond acceptors (Lipinski definition) is 3. The molecule has 0 aliphatic heterocycles. The molecule has 0 saturated carbocycles.